The Bertz CT molecular complexity index is 454. The average Bonchev–Trinajstić information content (AvgIpc) is 2.86. The first-order valence-electron chi connectivity index (χ1n) is 6.77. The minimum Gasteiger partial charge on any atom is -0.481 e. The first-order chi connectivity index (χ1) is 9.31. The lowest BCUT2D eigenvalue weighted by Gasteiger charge is -2.23. The number of nitrogens with one attached hydrogen (secondary N) is 2. The highest BCUT2D eigenvalue weighted by Crippen LogP contribution is 2.37. The summed E-state index contributed by atoms with van der Waals surface area (Å²) in [5.41, 5.74) is -0.868. The number of hydrogen-bond donors (Lipinski definition) is 3. The van der Waals surface area contributed by atoms with Crippen LogP contribution in [0.5, 0.6) is 0 Å². The van der Waals surface area contributed by atoms with Gasteiger partial charge in [0, 0.05) is 18.8 Å². The lowest BCUT2D eigenvalue weighted by molar-refractivity contribution is -0.148. The second-order valence-corrected chi connectivity index (χ2v) is 7.61. The Morgan fingerprint density at radius 3 is 2.30 bits per heavy atom. The first-order valence-corrected chi connectivity index (χ1v) is 8.59. The van der Waals surface area contributed by atoms with Crippen LogP contribution in [0.25, 0.3) is 0 Å². The van der Waals surface area contributed by atoms with Crippen LogP contribution in [0.15, 0.2) is 0 Å². The van der Waals surface area contributed by atoms with Crippen LogP contribution in [-0.4, -0.2) is 50.1 Å². The Morgan fingerprint density at radius 1 is 1.20 bits per heavy atom. The highest BCUT2D eigenvalue weighted by molar-refractivity contribution is 7.91. The highest BCUT2D eigenvalue weighted by atomic mass is 32.2. The van der Waals surface area contributed by atoms with Gasteiger partial charge in [0.05, 0.1) is 11.2 Å². The summed E-state index contributed by atoms with van der Waals surface area (Å²) in [5, 5.41) is 14.2. The summed E-state index contributed by atoms with van der Waals surface area (Å²) in [6.45, 7) is 1.66. The molecule has 1 rings (SSSR count). The standard InChI is InChI=1S/C12H22N2O5S/c1-2-20(18,19)8-7-13-11(17)14-9-12(10(15)16)5-3-4-6-12/h2-9H2,1H3,(H,15,16)(H2,13,14,17). The van der Waals surface area contributed by atoms with E-state index in [1.807, 2.05) is 0 Å². The molecular formula is C12H22N2O5S. The predicted molar refractivity (Wildman–Crippen MR) is 74.3 cm³/mol. The van der Waals surface area contributed by atoms with Gasteiger partial charge in [-0.3, -0.25) is 4.79 Å². The van der Waals surface area contributed by atoms with E-state index in [1.54, 1.807) is 6.92 Å². The SMILES string of the molecule is CCS(=O)(=O)CCNC(=O)NCC1(C(=O)O)CCCC1. The summed E-state index contributed by atoms with van der Waals surface area (Å²) in [5.74, 6) is -0.955. The minimum atomic E-state index is -3.11. The number of rotatable bonds is 7. The van der Waals surface area contributed by atoms with E-state index < -0.39 is 27.3 Å². The zero-order valence-electron chi connectivity index (χ0n) is 11.6. The molecule has 0 aromatic rings. The van der Waals surface area contributed by atoms with Crippen LogP contribution in [0.1, 0.15) is 32.6 Å². The Labute approximate surface area is 119 Å². The van der Waals surface area contributed by atoms with Crippen molar-refractivity contribution in [3.05, 3.63) is 0 Å². The maximum Gasteiger partial charge on any atom is 0.314 e. The van der Waals surface area contributed by atoms with Crippen LogP contribution in [0.2, 0.25) is 0 Å². The summed E-state index contributed by atoms with van der Waals surface area (Å²) < 4.78 is 22.5. The summed E-state index contributed by atoms with van der Waals surface area (Å²) in [7, 11) is -3.11. The number of sulfone groups is 1. The Hall–Kier alpha value is -1.31. The predicted octanol–water partition coefficient (Wildman–Crippen LogP) is 0.365. The molecule has 0 saturated heterocycles. The van der Waals surface area contributed by atoms with E-state index in [2.05, 4.69) is 10.6 Å². The molecular weight excluding hydrogens is 284 g/mol. The molecule has 20 heavy (non-hydrogen) atoms. The number of amides is 2. The molecule has 0 atom stereocenters. The van der Waals surface area contributed by atoms with Crippen LogP contribution in [0.4, 0.5) is 4.79 Å². The van der Waals surface area contributed by atoms with E-state index in [0.29, 0.717) is 12.8 Å². The van der Waals surface area contributed by atoms with Crippen LogP contribution >= 0.6 is 0 Å². The van der Waals surface area contributed by atoms with Crippen molar-refractivity contribution in [2.75, 3.05) is 24.6 Å². The third-order valence-electron chi connectivity index (χ3n) is 3.74. The molecule has 3 N–H and O–H groups in total. The van der Waals surface area contributed by atoms with Gasteiger partial charge in [-0.15, -0.1) is 0 Å². The molecule has 1 aliphatic carbocycles. The molecule has 8 heteroatoms. The van der Waals surface area contributed by atoms with Gasteiger partial charge in [-0.1, -0.05) is 19.8 Å². The number of hydrogen-bond acceptors (Lipinski definition) is 4. The fourth-order valence-electron chi connectivity index (χ4n) is 2.29. The van der Waals surface area contributed by atoms with Gasteiger partial charge < -0.3 is 15.7 Å². The molecule has 116 valence electrons. The Kier molecular flexibility index (Phi) is 5.79. The van der Waals surface area contributed by atoms with Gasteiger partial charge in [0.15, 0.2) is 9.84 Å². The molecule has 0 aromatic heterocycles. The number of aliphatic carboxylic acids is 1. The van der Waals surface area contributed by atoms with Crippen molar-refractivity contribution in [3.63, 3.8) is 0 Å². The second-order valence-electron chi connectivity index (χ2n) is 5.14. The second kappa shape index (κ2) is 6.92. The van der Waals surface area contributed by atoms with Gasteiger partial charge in [-0.05, 0) is 12.8 Å². The number of carbonyl (C=O) groups is 2. The van der Waals surface area contributed by atoms with Crippen molar-refractivity contribution in [3.8, 4) is 0 Å². The van der Waals surface area contributed by atoms with Crippen LogP contribution < -0.4 is 10.6 Å². The molecule has 1 saturated carbocycles. The molecule has 7 nitrogen and oxygen atoms in total. The molecule has 0 radical (unpaired) electrons. The lowest BCUT2D eigenvalue weighted by atomic mass is 9.86. The maximum absolute atomic E-state index is 11.5. The summed E-state index contributed by atoms with van der Waals surface area (Å²) in [6, 6.07) is -0.524. The van der Waals surface area contributed by atoms with Crippen molar-refractivity contribution in [2.24, 2.45) is 5.41 Å². The fourth-order valence-corrected chi connectivity index (χ4v) is 3.00. The minimum absolute atomic E-state index is 0.0298. The van der Waals surface area contributed by atoms with Crippen LogP contribution in [0, 0.1) is 5.41 Å². The quantitative estimate of drug-likeness (QED) is 0.629. The normalized spacial score (nSPS) is 17.6. The molecule has 0 spiro atoms. The topological polar surface area (TPSA) is 113 Å². The molecule has 0 unspecified atom stereocenters. The lowest BCUT2D eigenvalue weighted by Crippen LogP contribution is -2.45. The molecule has 0 heterocycles. The summed E-state index contributed by atoms with van der Waals surface area (Å²) in [4.78, 5) is 22.8. The van der Waals surface area contributed by atoms with Crippen LogP contribution in [-0.2, 0) is 14.6 Å². The van der Waals surface area contributed by atoms with Crippen molar-refractivity contribution < 1.29 is 23.1 Å². The first kappa shape index (κ1) is 16.7. The van der Waals surface area contributed by atoms with Gasteiger partial charge in [0.2, 0.25) is 0 Å². The van der Waals surface area contributed by atoms with E-state index in [-0.39, 0.29) is 24.6 Å². The molecule has 0 bridgehead atoms. The van der Waals surface area contributed by atoms with Gasteiger partial charge >= 0.3 is 12.0 Å². The van der Waals surface area contributed by atoms with E-state index in [4.69, 9.17) is 0 Å². The Morgan fingerprint density at radius 2 is 1.80 bits per heavy atom. The van der Waals surface area contributed by atoms with Gasteiger partial charge in [-0.2, -0.15) is 0 Å². The fraction of sp³-hybridized carbons (Fsp3) is 0.833. The average molecular weight is 306 g/mol. The zero-order valence-corrected chi connectivity index (χ0v) is 12.5. The Balaban J connectivity index is 2.34. The molecule has 0 aromatic carbocycles. The number of carbonyl (C=O) groups excluding carboxylic acids is 1. The monoisotopic (exact) mass is 306 g/mol. The molecule has 1 aliphatic rings. The van der Waals surface area contributed by atoms with E-state index in [1.165, 1.54) is 0 Å². The number of carboxylic acids is 1. The molecule has 2 amide bonds. The van der Waals surface area contributed by atoms with E-state index >= 15 is 0 Å². The zero-order chi connectivity index (χ0) is 15.2. The van der Waals surface area contributed by atoms with Gasteiger partial charge in [0.25, 0.3) is 0 Å². The van der Waals surface area contributed by atoms with Crippen LogP contribution in [0.3, 0.4) is 0 Å². The van der Waals surface area contributed by atoms with Crippen molar-refractivity contribution in [1.82, 2.24) is 10.6 Å². The molecule has 1 fully saturated rings. The summed E-state index contributed by atoms with van der Waals surface area (Å²) >= 11 is 0. The number of carboxylic acid groups (broad SMARTS) is 1. The van der Waals surface area contributed by atoms with Gasteiger partial charge in [0.1, 0.15) is 0 Å². The van der Waals surface area contributed by atoms with E-state index in [0.717, 1.165) is 12.8 Å². The van der Waals surface area contributed by atoms with Gasteiger partial charge in [-0.25, -0.2) is 13.2 Å². The smallest absolute Gasteiger partial charge is 0.314 e. The molecule has 0 aliphatic heterocycles. The highest BCUT2D eigenvalue weighted by Gasteiger charge is 2.41. The van der Waals surface area contributed by atoms with Crippen molar-refractivity contribution in [2.45, 2.75) is 32.6 Å². The number of urea groups is 1. The van der Waals surface area contributed by atoms with Crippen molar-refractivity contribution in [1.29, 1.82) is 0 Å². The third kappa shape index (κ3) is 4.66. The van der Waals surface area contributed by atoms with Crippen molar-refractivity contribution >= 4 is 21.8 Å². The largest absolute Gasteiger partial charge is 0.481 e. The van der Waals surface area contributed by atoms with E-state index in [9.17, 15) is 23.1 Å². The summed E-state index contributed by atoms with van der Waals surface area (Å²) in [6.07, 6.45) is 2.83. The third-order valence-corrected chi connectivity index (χ3v) is 5.45. The maximum atomic E-state index is 11.5.